The van der Waals surface area contributed by atoms with Crippen LogP contribution in [0.3, 0.4) is 0 Å². The summed E-state index contributed by atoms with van der Waals surface area (Å²) in [6.45, 7) is 1.80. The Morgan fingerprint density at radius 2 is 2.22 bits per heavy atom. The first-order valence-corrected chi connectivity index (χ1v) is 6.23. The van der Waals surface area contributed by atoms with Gasteiger partial charge in [0.2, 0.25) is 0 Å². The number of aromatic nitrogens is 2. The molecule has 0 aliphatic carbocycles. The zero-order valence-electron chi connectivity index (χ0n) is 10.2. The Balaban J connectivity index is 1.74. The predicted molar refractivity (Wildman–Crippen MR) is 68.7 cm³/mol. The fourth-order valence-electron chi connectivity index (χ4n) is 2.27. The van der Waals surface area contributed by atoms with Crippen LogP contribution in [-0.2, 0) is 4.74 Å². The van der Waals surface area contributed by atoms with Crippen LogP contribution in [0.25, 0.3) is 5.65 Å². The lowest BCUT2D eigenvalue weighted by atomic mass is 9.94. The third-order valence-corrected chi connectivity index (χ3v) is 3.45. The van der Waals surface area contributed by atoms with Crippen LogP contribution in [0.2, 0.25) is 0 Å². The molecule has 0 unspecified atom stereocenters. The molecule has 3 rings (SSSR count). The molecule has 96 valence electrons. The van der Waals surface area contributed by atoms with Gasteiger partial charge in [0, 0.05) is 45.0 Å². The molecule has 1 fully saturated rings. The van der Waals surface area contributed by atoms with E-state index in [1.807, 2.05) is 28.8 Å². The minimum absolute atomic E-state index is 0.535. The molecule has 1 aliphatic heterocycles. The lowest BCUT2D eigenvalue weighted by Crippen LogP contribution is -2.42. The van der Waals surface area contributed by atoms with E-state index in [4.69, 9.17) is 4.74 Å². The fraction of sp³-hybridized carbons (Fsp3) is 0.462. The number of ether oxygens (including phenoxy) is 1. The first-order chi connectivity index (χ1) is 8.77. The zero-order chi connectivity index (χ0) is 12.4. The molecule has 0 atom stereocenters. The van der Waals surface area contributed by atoms with Gasteiger partial charge in [0.15, 0.2) is 0 Å². The zero-order valence-corrected chi connectivity index (χ0v) is 10.2. The third-order valence-electron chi connectivity index (χ3n) is 3.45. The van der Waals surface area contributed by atoms with Gasteiger partial charge in [-0.1, -0.05) is 6.07 Å². The average molecular weight is 247 g/mol. The number of hydrogen-bond donors (Lipinski definition) is 2. The molecule has 0 saturated carbocycles. The molecule has 3 heterocycles. The van der Waals surface area contributed by atoms with Gasteiger partial charge >= 0.3 is 0 Å². The summed E-state index contributed by atoms with van der Waals surface area (Å²) >= 11 is 0. The van der Waals surface area contributed by atoms with Crippen LogP contribution in [0.5, 0.6) is 0 Å². The van der Waals surface area contributed by atoms with E-state index in [9.17, 15) is 5.11 Å². The number of anilines is 1. The second-order valence-corrected chi connectivity index (χ2v) is 4.76. The van der Waals surface area contributed by atoms with Crippen molar-refractivity contribution in [1.82, 2.24) is 9.38 Å². The summed E-state index contributed by atoms with van der Waals surface area (Å²) in [5.41, 5.74) is 0.236. The fourth-order valence-corrected chi connectivity index (χ4v) is 2.27. The van der Waals surface area contributed by atoms with Crippen molar-refractivity contribution in [2.75, 3.05) is 25.1 Å². The topological polar surface area (TPSA) is 58.8 Å². The minimum atomic E-state index is -0.666. The summed E-state index contributed by atoms with van der Waals surface area (Å²) in [6.07, 6.45) is 5.04. The Labute approximate surface area is 105 Å². The van der Waals surface area contributed by atoms with E-state index in [0.29, 0.717) is 32.6 Å². The van der Waals surface area contributed by atoms with Gasteiger partial charge in [-0.25, -0.2) is 4.98 Å². The summed E-state index contributed by atoms with van der Waals surface area (Å²) in [7, 11) is 0. The first-order valence-electron chi connectivity index (χ1n) is 6.23. The average Bonchev–Trinajstić information content (AvgIpc) is 2.86. The highest BCUT2D eigenvalue weighted by Crippen LogP contribution is 2.21. The maximum absolute atomic E-state index is 10.4. The van der Waals surface area contributed by atoms with Crippen LogP contribution in [0.15, 0.2) is 30.6 Å². The molecule has 18 heavy (non-hydrogen) atoms. The largest absolute Gasteiger partial charge is 0.388 e. The number of nitrogens with zero attached hydrogens (tertiary/aromatic N) is 2. The smallest absolute Gasteiger partial charge is 0.138 e. The maximum atomic E-state index is 10.4. The van der Waals surface area contributed by atoms with Crippen LogP contribution in [0, 0.1) is 0 Å². The molecule has 0 amide bonds. The predicted octanol–water partition coefficient (Wildman–Crippen LogP) is 1.29. The number of nitrogens with one attached hydrogen (secondary N) is 1. The van der Waals surface area contributed by atoms with Gasteiger partial charge in [0.05, 0.1) is 5.60 Å². The van der Waals surface area contributed by atoms with E-state index in [0.717, 1.165) is 11.5 Å². The Morgan fingerprint density at radius 3 is 3.06 bits per heavy atom. The number of hydrogen-bond acceptors (Lipinski definition) is 4. The van der Waals surface area contributed by atoms with Gasteiger partial charge < -0.3 is 15.2 Å². The Kier molecular flexibility index (Phi) is 2.93. The third kappa shape index (κ3) is 2.19. The SMILES string of the molecule is OC1(CNc2cccc3nccn23)CCOCC1. The molecular formula is C13H17N3O2. The molecule has 5 nitrogen and oxygen atoms in total. The molecule has 1 aliphatic rings. The minimum Gasteiger partial charge on any atom is -0.388 e. The van der Waals surface area contributed by atoms with Crippen LogP contribution in [-0.4, -0.2) is 39.9 Å². The highest BCUT2D eigenvalue weighted by Gasteiger charge is 2.29. The van der Waals surface area contributed by atoms with E-state index < -0.39 is 5.60 Å². The molecule has 0 radical (unpaired) electrons. The molecular weight excluding hydrogens is 230 g/mol. The van der Waals surface area contributed by atoms with Crippen LogP contribution >= 0.6 is 0 Å². The van der Waals surface area contributed by atoms with E-state index >= 15 is 0 Å². The van der Waals surface area contributed by atoms with Gasteiger partial charge in [-0.2, -0.15) is 0 Å². The monoisotopic (exact) mass is 247 g/mol. The molecule has 2 N–H and O–H groups in total. The molecule has 1 saturated heterocycles. The number of pyridine rings is 1. The molecule has 0 spiro atoms. The van der Waals surface area contributed by atoms with Crippen LogP contribution in [0.1, 0.15) is 12.8 Å². The van der Waals surface area contributed by atoms with Gasteiger partial charge in [0.1, 0.15) is 11.5 Å². The Bertz CT molecular complexity index is 532. The summed E-state index contributed by atoms with van der Waals surface area (Å²) in [4.78, 5) is 4.23. The van der Waals surface area contributed by atoms with E-state index in [1.54, 1.807) is 6.20 Å². The molecule has 5 heteroatoms. The van der Waals surface area contributed by atoms with E-state index in [2.05, 4.69) is 10.3 Å². The van der Waals surface area contributed by atoms with Gasteiger partial charge in [-0.05, 0) is 12.1 Å². The van der Waals surface area contributed by atoms with E-state index in [-0.39, 0.29) is 0 Å². The lowest BCUT2D eigenvalue weighted by Gasteiger charge is -2.32. The quantitative estimate of drug-likeness (QED) is 0.858. The highest BCUT2D eigenvalue weighted by molar-refractivity contribution is 5.49. The van der Waals surface area contributed by atoms with Crippen LogP contribution in [0.4, 0.5) is 5.82 Å². The van der Waals surface area contributed by atoms with Gasteiger partial charge in [0.25, 0.3) is 0 Å². The summed E-state index contributed by atoms with van der Waals surface area (Å²) in [5.74, 6) is 0.949. The molecule has 2 aromatic rings. The van der Waals surface area contributed by atoms with Gasteiger partial charge in [-0.15, -0.1) is 0 Å². The van der Waals surface area contributed by atoms with Gasteiger partial charge in [-0.3, -0.25) is 4.40 Å². The number of aliphatic hydroxyl groups is 1. The van der Waals surface area contributed by atoms with Crippen molar-refractivity contribution >= 4 is 11.5 Å². The van der Waals surface area contributed by atoms with Crippen molar-refractivity contribution in [1.29, 1.82) is 0 Å². The number of imidazole rings is 1. The van der Waals surface area contributed by atoms with Crippen molar-refractivity contribution < 1.29 is 9.84 Å². The normalized spacial score (nSPS) is 18.9. The van der Waals surface area contributed by atoms with Crippen molar-refractivity contribution in [3.8, 4) is 0 Å². The maximum Gasteiger partial charge on any atom is 0.138 e. The molecule has 0 aromatic carbocycles. The molecule has 2 aromatic heterocycles. The summed E-state index contributed by atoms with van der Waals surface area (Å²) < 4.78 is 7.25. The first kappa shape index (κ1) is 11.5. The van der Waals surface area contributed by atoms with Crippen molar-refractivity contribution in [3.63, 3.8) is 0 Å². The van der Waals surface area contributed by atoms with Crippen molar-refractivity contribution in [3.05, 3.63) is 30.6 Å². The van der Waals surface area contributed by atoms with Crippen molar-refractivity contribution in [2.45, 2.75) is 18.4 Å². The molecule has 0 bridgehead atoms. The second kappa shape index (κ2) is 4.59. The van der Waals surface area contributed by atoms with Crippen LogP contribution < -0.4 is 5.32 Å². The Morgan fingerprint density at radius 1 is 1.39 bits per heavy atom. The standard InChI is InChI=1S/C13H17N3O2/c17-13(4-8-18-9-5-13)10-15-12-3-1-2-11-14-6-7-16(11)12/h1-3,6-7,15,17H,4-5,8-10H2. The number of rotatable bonds is 3. The highest BCUT2D eigenvalue weighted by atomic mass is 16.5. The Hall–Kier alpha value is -1.59. The summed E-state index contributed by atoms with van der Waals surface area (Å²) in [5, 5.41) is 13.7. The second-order valence-electron chi connectivity index (χ2n) is 4.76. The summed E-state index contributed by atoms with van der Waals surface area (Å²) in [6, 6.07) is 5.89. The number of fused-ring (bicyclic) bond motifs is 1. The lowest BCUT2D eigenvalue weighted by molar-refractivity contribution is -0.0543. The van der Waals surface area contributed by atoms with E-state index in [1.165, 1.54) is 0 Å². The van der Waals surface area contributed by atoms with Crippen molar-refractivity contribution in [2.24, 2.45) is 0 Å².